The van der Waals surface area contributed by atoms with Gasteiger partial charge in [0, 0.05) is 12.0 Å². The van der Waals surface area contributed by atoms with Crippen LogP contribution in [0.5, 0.6) is 11.5 Å². The van der Waals surface area contributed by atoms with E-state index in [1.54, 1.807) is 23.5 Å². The Morgan fingerprint density at radius 2 is 1.85 bits per heavy atom. The quantitative estimate of drug-likeness (QED) is 0.101. The number of esters is 1. The van der Waals surface area contributed by atoms with E-state index in [9.17, 15) is 4.79 Å². The first-order valence-electron chi connectivity index (χ1n) is 15.2. The number of allylic oxidation sites excluding steroid dienone is 1. The van der Waals surface area contributed by atoms with E-state index in [0.29, 0.717) is 30.6 Å². The van der Waals surface area contributed by atoms with Crippen LogP contribution in [0.3, 0.4) is 0 Å². The van der Waals surface area contributed by atoms with E-state index in [1.807, 2.05) is 0 Å². The smallest absolute Gasteiger partial charge is 0.311 e. The zero-order chi connectivity index (χ0) is 27.8. The first-order chi connectivity index (χ1) is 18.9. The second-order valence-corrected chi connectivity index (χ2v) is 13.7. The fraction of sp³-hybridized carbons (Fsp3) is 0.719. The van der Waals surface area contributed by atoms with Crippen LogP contribution in [0, 0.1) is 5.92 Å². The normalized spacial score (nSPS) is 20.3. The van der Waals surface area contributed by atoms with Crippen LogP contribution < -0.4 is 9.47 Å². The zero-order valence-corrected chi connectivity index (χ0v) is 26.4. The van der Waals surface area contributed by atoms with Gasteiger partial charge in [0.1, 0.15) is 11.5 Å². The Bertz CT molecular complexity index is 1000. The Kier molecular flexibility index (Phi) is 11.4. The number of unbranched alkanes of at least 4 members (excludes halogenated alkanes) is 2. The number of likely N-dealkylation sites (tertiary alicyclic amines) is 1. The first kappa shape index (κ1) is 30.6. The first-order valence-corrected chi connectivity index (χ1v) is 17.6. The van der Waals surface area contributed by atoms with Crippen molar-refractivity contribution in [2.75, 3.05) is 38.8 Å². The van der Waals surface area contributed by atoms with Crippen molar-refractivity contribution in [3.8, 4) is 11.5 Å². The van der Waals surface area contributed by atoms with Crippen LogP contribution in [-0.2, 0) is 9.53 Å². The van der Waals surface area contributed by atoms with Gasteiger partial charge in [-0.05, 0) is 93.8 Å². The number of ether oxygens (including phenoxy) is 3. The Hall–Kier alpha value is -1.31. The van der Waals surface area contributed by atoms with Crippen molar-refractivity contribution in [3.63, 3.8) is 0 Å². The summed E-state index contributed by atoms with van der Waals surface area (Å²) >= 11 is 3.33. The lowest BCUT2D eigenvalue weighted by Crippen LogP contribution is -2.37. The third kappa shape index (κ3) is 7.32. The summed E-state index contributed by atoms with van der Waals surface area (Å²) in [6.07, 6.45) is 16.1. The number of nitrogens with zero attached hydrogens (tertiary/aromatic N) is 1. The molecule has 3 aliphatic heterocycles. The van der Waals surface area contributed by atoms with Crippen molar-refractivity contribution in [3.05, 3.63) is 29.0 Å². The van der Waals surface area contributed by atoms with Gasteiger partial charge in [-0.2, -0.15) is 0 Å². The van der Waals surface area contributed by atoms with E-state index in [-0.39, 0.29) is 5.97 Å². The van der Waals surface area contributed by atoms with Crippen LogP contribution in [0.25, 0.3) is 5.57 Å². The highest BCUT2D eigenvalue weighted by Crippen LogP contribution is 2.56. The minimum absolute atomic E-state index is 0.152. The highest BCUT2D eigenvalue weighted by Gasteiger charge is 2.46. The molecule has 0 radical (unpaired) electrons. The summed E-state index contributed by atoms with van der Waals surface area (Å²) in [4.78, 5) is 15.7. The summed E-state index contributed by atoms with van der Waals surface area (Å²) in [7, 11) is 0. The molecule has 218 valence electrons. The fourth-order valence-corrected chi connectivity index (χ4v) is 7.86. The Labute approximate surface area is 245 Å². The van der Waals surface area contributed by atoms with E-state index in [4.69, 9.17) is 14.2 Å². The molecule has 39 heavy (non-hydrogen) atoms. The minimum Gasteiger partial charge on any atom is -0.491 e. The lowest BCUT2D eigenvalue weighted by atomic mass is 9.83. The predicted octanol–water partition coefficient (Wildman–Crippen LogP) is 8.47. The zero-order valence-electron chi connectivity index (χ0n) is 24.8. The van der Waals surface area contributed by atoms with Gasteiger partial charge in [0.05, 0.1) is 12.2 Å². The van der Waals surface area contributed by atoms with Crippen molar-refractivity contribution in [2.24, 2.45) is 5.92 Å². The van der Waals surface area contributed by atoms with Gasteiger partial charge in [-0.25, -0.2) is 0 Å². The van der Waals surface area contributed by atoms with Crippen LogP contribution in [0.1, 0.15) is 108 Å². The number of carbonyl (C=O) groups excluding carboxylic acids is 1. The second kappa shape index (κ2) is 14.5. The van der Waals surface area contributed by atoms with Crippen LogP contribution >= 0.6 is 23.5 Å². The molecule has 0 spiro atoms. The van der Waals surface area contributed by atoms with E-state index in [0.717, 1.165) is 61.5 Å². The molecular formula is C32H49NO4S2. The Morgan fingerprint density at radius 1 is 1.08 bits per heavy atom. The van der Waals surface area contributed by atoms with E-state index in [1.165, 1.54) is 50.5 Å². The molecule has 0 saturated carbocycles. The van der Waals surface area contributed by atoms with Crippen molar-refractivity contribution in [2.45, 2.75) is 102 Å². The molecule has 0 N–H and O–H groups in total. The number of carbonyl (C=O) groups is 1. The summed E-state index contributed by atoms with van der Waals surface area (Å²) in [5.41, 5.74) is 3.24. The van der Waals surface area contributed by atoms with Gasteiger partial charge in [0.25, 0.3) is 4.27 Å². The van der Waals surface area contributed by atoms with Gasteiger partial charge in [-0.15, -0.1) is 0 Å². The average Bonchev–Trinajstić information content (AvgIpc) is 2.96. The predicted molar refractivity (Wildman–Crippen MR) is 166 cm³/mol. The van der Waals surface area contributed by atoms with E-state index < -0.39 is 4.27 Å². The molecule has 0 aromatic heterocycles. The third-order valence-electron chi connectivity index (χ3n) is 8.71. The monoisotopic (exact) mass is 575 g/mol. The summed E-state index contributed by atoms with van der Waals surface area (Å²) in [6, 6.07) is 4.33. The molecule has 1 fully saturated rings. The summed E-state index contributed by atoms with van der Waals surface area (Å²) < 4.78 is 18.6. The number of rotatable bonds is 13. The molecule has 3 aliphatic rings. The van der Waals surface area contributed by atoms with Crippen LogP contribution in [-0.4, -0.2) is 53.9 Å². The van der Waals surface area contributed by atoms with Crippen molar-refractivity contribution < 1.29 is 19.0 Å². The molecule has 1 aromatic carbocycles. The van der Waals surface area contributed by atoms with E-state index >= 15 is 0 Å². The number of fused-ring (bicyclic) bond motifs is 2. The van der Waals surface area contributed by atoms with Crippen LogP contribution in [0.4, 0.5) is 0 Å². The molecule has 3 heterocycles. The second-order valence-electron chi connectivity index (χ2n) is 11.5. The molecule has 2 atom stereocenters. The number of thioether (sulfide) groups is 2. The molecule has 0 amide bonds. The maximum absolute atomic E-state index is 13.2. The largest absolute Gasteiger partial charge is 0.491 e. The molecule has 7 heteroatoms. The van der Waals surface area contributed by atoms with E-state index in [2.05, 4.69) is 50.3 Å². The topological polar surface area (TPSA) is 48.0 Å². The minimum atomic E-state index is -0.618. The summed E-state index contributed by atoms with van der Waals surface area (Å²) in [5, 5.41) is 0. The molecule has 0 aliphatic carbocycles. The van der Waals surface area contributed by atoms with Gasteiger partial charge < -0.3 is 19.1 Å². The van der Waals surface area contributed by atoms with Gasteiger partial charge in [-0.1, -0.05) is 76.4 Å². The molecular weight excluding hydrogens is 526 g/mol. The molecule has 5 nitrogen and oxygen atoms in total. The van der Waals surface area contributed by atoms with Gasteiger partial charge in [0.2, 0.25) is 0 Å². The Morgan fingerprint density at radius 3 is 2.56 bits per heavy atom. The summed E-state index contributed by atoms with van der Waals surface area (Å²) in [5.74, 6) is 3.07. The van der Waals surface area contributed by atoms with Gasteiger partial charge in [0.15, 0.2) is 5.76 Å². The van der Waals surface area contributed by atoms with Crippen molar-refractivity contribution in [1.82, 2.24) is 4.90 Å². The Balaban J connectivity index is 1.62. The number of piperidine rings is 1. The molecule has 1 saturated heterocycles. The lowest BCUT2D eigenvalue weighted by Gasteiger charge is -2.41. The standard InChI is InChI=1S/C32H49NO4S2/c1-6-7-9-14-23(2)24(3)25-21-27(36-29(34)16-12-19-33-17-10-8-11-18-33)30-26-15-13-20-35-31(26)32(38-4,39-5)37-28(30)22-25/h21-24H,6-20H2,1-5H3. The number of benzene rings is 1. The SMILES string of the molecule is CCCCCC(C)C(C)c1cc(OC(=O)CCCN2CCCCC2)c2c(c1)OC(SC)(SC)C1=C2CCCO1. The molecule has 4 rings (SSSR count). The number of hydrogen-bond donors (Lipinski definition) is 0. The third-order valence-corrected chi connectivity index (χ3v) is 11.3. The maximum Gasteiger partial charge on any atom is 0.311 e. The van der Waals surface area contributed by atoms with Crippen molar-refractivity contribution >= 4 is 35.1 Å². The highest BCUT2D eigenvalue weighted by molar-refractivity contribution is 8.17. The van der Waals surface area contributed by atoms with Gasteiger partial charge >= 0.3 is 5.97 Å². The molecule has 0 bridgehead atoms. The lowest BCUT2D eigenvalue weighted by molar-refractivity contribution is -0.134. The maximum atomic E-state index is 13.2. The summed E-state index contributed by atoms with van der Waals surface area (Å²) in [6.45, 7) is 10.9. The van der Waals surface area contributed by atoms with Crippen molar-refractivity contribution in [1.29, 1.82) is 0 Å². The fourth-order valence-electron chi connectivity index (χ4n) is 6.11. The van der Waals surface area contributed by atoms with Gasteiger partial charge in [-0.3, -0.25) is 4.79 Å². The van der Waals surface area contributed by atoms with Crippen LogP contribution in [0.2, 0.25) is 0 Å². The molecule has 1 aromatic rings. The van der Waals surface area contributed by atoms with Crippen LogP contribution in [0.15, 0.2) is 17.9 Å². The highest BCUT2D eigenvalue weighted by atomic mass is 32.2. The molecule has 2 unspecified atom stereocenters. The average molecular weight is 576 g/mol. The number of hydrogen-bond acceptors (Lipinski definition) is 7.